The van der Waals surface area contributed by atoms with Gasteiger partial charge in [0.2, 0.25) is 0 Å². The van der Waals surface area contributed by atoms with E-state index in [1.165, 1.54) is 83.5 Å². The molecule has 0 bridgehead atoms. The summed E-state index contributed by atoms with van der Waals surface area (Å²) in [7, 11) is 0. The number of rotatable bonds is 53. The van der Waals surface area contributed by atoms with Gasteiger partial charge in [-0.2, -0.15) is 0 Å². The maximum atomic E-state index is 13.2. The van der Waals surface area contributed by atoms with E-state index in [0.29, 0.717) is 19.3 Å². The van der Waals surface area contributed by atoms with E-state index < -0.39 is 67.3 Å². The van der Waals surface area contributed by atoms with Crippen molar-refractivity contribution in [3.8, 4) is 0 Å². The number of aliphatic hydroxyl groups is 2. The zero-order valence-corrected chi connectivity index (χ0v) is 49.8. The van der Waals surface area contributed by atoms with E-state index in [1.807, 2.05) is 0 Å². The van der Waals surface area contributed by atoms with Crippen molar-refractivity contribution in [2.75, 3.05) is 13.2 Å². The van der Waals surface area contributed by atoms with Gasteiger partial charge < -0.3 is 39.0 Å². The summed E-state index contributed by atoms with van der Waals surface area (Å²) in [5.41, 5.74) is 0. The molecular formula is C67H112O12. The van der Waals surface area contributed by atoms with Crippen LogP contribution in [0.3, 0.4) is 0 Å². The van der Waals surface area contributed by atoms with Crippen molar-refractivity contribution < 1.29 is 58.2 Å². The molecule has 0 radical (unpaired) electrons. The van der Waals surface area contributed by atoms with Crippen LogP contribution in [0.1, 0.15) is 265 Å². The monoisotopic (exact) mass is 1110 g/mol. The van der Waals surface area contributed by atoms with Crippen LogP contribution in [-0.2, 0) is 42.9 Å². The second-order valence-corrected chi connectivity index (χ2v) is 21.3. The Morgan fingerprint density at radius 2 is 0.797 bits per heavy atom. The molecule has 0 spiro atoms. The highest BCUT2D eigenvalue weighted by Gasteiger charge is 2.50. The van der Waals surface area contributed by atoms with Gasteiger partial charge in [-0.1, -0.05) is 215 Å². The number of carbonyl (C=O) groups is 4. The van der Waals surface area contributed by atoms with Gasteiger partial charge in [0.25, 0.3) is 0 Å². The SMILES string of the molecule is CC/C=C\C/C=C\C/C=C\C/C=C\CCCCCCC(=O)OC(COC(=O)CCCCCCCCCCC/C=C\C/C=C\CCCCC)COC1OC(C(=O)O)C(O)C(O)C1OC(=O)CCCCCCC/C=C\CCCCCC. The van der Waals surface area contributed by atoms with Crippen LogP contribution in [0.5, 0.6) is 0 Å². The predicted octanol–water partition coefficient (Wildman–Crippen LogP) is 16.7. The molecule has 0 aliphatic carbocycles. The molecule has 6 unspecified atom stereocenters. The fraction of sp³-hybridized carbons (Fsp3) is 0.731. The van der Waals surface area contributed by atoms with E-state index in [0.717, 1.165) is 122 Å². The van der Waals surface area contributed by atoms with Crippen molar-refractivity contribution >= 4 is 23.9 Å². The number of hydrogen-bond donors (Lipinski definition) is 3. The van der Waals surface area contributed by atoms with Crippen LogP contribution in [0.15, 0.2) is 85.1 Å². The van der Waals surface area contributed by atoms with E-state index in [2.05, 4.69) is 106 Å². The summed E-state index contributed by atoms with van der Waals surface area (Å²) in [4.78, 5) is 51.2. The molecule has 1 rings (SSSR count). The Morgan fingerprint density at radius 1 is 0.430 bits per heavy atom. The van der Waals surface area contributed by atoms with E-state index in [4.69, 9.17) is 23.7 Å². The average Bonchev–Trinajstić information content (AvgIpc) is 3.46. The molecule has 1 aliphatic rings. The second-order valence-electron chi connectivity index (χ2n) is 21.3. The molecule has 0 aromatic carbocycles. The Balaban J connectivity index is 2.69. The molecule has 6 atom stereocenters. The first-order valence-electron chi connectivity index (χ1n) is 31.6. The van der Waals surface area contributed by atoms with E-state index in [9.17, 15) is 34.5 Å². The molecule has 1 aliphatic heterocycles. The van der Waals surface area contributed by atoms with E-state index >= 15 is 0 Å². The van der Waals surface area contributed by atoms with Crippen LogP contribution in [0.2, 0.25) is 0 Å². The van der Waals surface area contributed by atoms with Crippen LogP contribution in [-0.4, -0.2) is 89.2 Å². The van der Waals surface area contributed by atoms with Crippen LogP contribution >= 0.6 is 0 Å². The van der Waals surface area contributed by atoms with E-state index in [-0.39, 0.29) is 25.9 Å². The molecule has 3 N–H and O–H groups in total. The van der Waals surface area contributed by atoms with Crippen molar-refractivity contribution in [2.24, 2.45) is 0 Å². The van der Waals surface area contributed by atoms with Crippen LogP contribution in [0, 0.1) is 0 Å². The fourth-order valence-corrected chi connectivity index (χ4v) is 9.09. The summed E-state index contributed by atoms with van der Waals surface area (Å²) in [6, 6.07) is 0. The van der Waals surface area contributed by atoms with Gasteiger partial charge in [0.15, 0.2) is 24.6 Å². The third-order valence-electron chi connectivity index (χ3n) is 13.9. The van der Waals surface area contributed by atoms with Gasteiger partial charge in [-0.3, -0.25) is 14.4 Å². The summed E-state index contributed by atoms with van der Waals surface area (Å²) in [5.74, 6) is -3.16. The normalized spacial score (nSPS) is 18.4. The summed E-state index contributed by atoms with van der Waals surface area (Å²) >= 11 is 0. The highest BCUT2D eigenvalue weighted by atomic mass is 16.7. The van der Waals surface area contributed by atoms with Crippen molar-refractivity contribution in [1.82, 2.24) is 0 Å². The molecule has 1 fully saturated rings. The largest absolute Gasteiger partial charge is 0.479 e. The Kier molecular flexibility index (Phi) is 50.3. The van der Waals surface area contributed by atoms with Crippen molar-refractivity contribution in [3.05, 3.63) is 85.1 Å². The number of ether oxygens (including phenoxy) is 5. The molecule has 0 aromatic rings. The molecule has 452 valence electrons. The maximum Gasteiger partial charge on any atom is 0.335 e. The number of hydrogen-bond acceptors (Lipinski definition) is 11. The third kappa shape index (κ3) is 44.3. The highest BCUT2D eigenvalue weighted by Crippen LogP contribution is 2.26. The number of carboxylic acids is 1. The minimum atomic E-state index is -1.91. The number of aliphatic hydroxyl groups excluding tert-OH is 2. The highest BCUT2D eigenvalue weighted by molar-refractivity contribution is 5.74. The number of allylic oxidation sites excluding steroid dienone is 14. The van der Waals surface area contributed by atoms with E-state index in [1.54, 1.807) is 0 Å². The lowest BCUT2D eigenvalue weighted by Gasteiger charge is -2.40. The smallest absolute Gasteiger partial charge is 0.335 e. The second kappa shape index (κ2) is 54.5. The minimum Gasteiger partial charge on any atom is -0.479 e. The molecule has 79 heavy (non-hydrogen) atoms. The van der Waals surface area contributed by atoms with Crippen LogP contribution in [0.4, 0.5) is 0 Å². The Morgan fingerprint density at radius 3 is 1.25 bits per heavy atom. The van der Waals surface area contributed by atoms with Gasteiger partial charge in [0, 0.05) is 19.3 Å². The topological polar surface area (TPSA) is 175 Å². The molecular weight excluding hydrogens is 997 g/mol. The van der Waals surface area contributed by atoms with Crippen molar-refractivity contribution in [3.63, 3.8) is 0 Å². The number of carboxylic acid groups (broad SMARTS) is 1. The van der Waals surface area contributed by atoms with Crippen LogP contribution in [0.25, 0.3) is 0 Å². The Hall–Kier alpha value is -4.10. The summed E-state index contributed by atoms with van der Waals surface area (Å²) < 4.78 is 28.5. The lowest BCUT2D eigenvalue weighted by molar-refractivity contribution is -0.301. The molecule has 0 amide bonds. The zero-order valence-electron chi connectivity index (χ0n) is 49.8. The number of esters is 3. The quantitative estimate of drug-likeness (QED) is 0.0228. The first-order valence-corrected chi connectivity index (χ1v) is 31.6. The van der Waals surface area contributed by atoms with Gasteiger partial charge in [-0.05, 0) is 116 Å². The van der Waals surface area contributed by atoms with Gasteiger partial charge in [-0.15, -0.1) is 0 Å². The predicted molar refractivity (Wildman–Crippen MR) is 321 cm³/mol. The summed E-state index contributed by atoms with van der Waals surface area (Å²) in [6.07, 6.45) is 58.3. The summed E-state index contributed by atoms with van der Waals surface area (Å²) in [5, 5.41) is 31.5. The van der Waals surface area contributed by atoms with Gasteiger partial charge in [-0.25, -0.2) is 4.79 Å². The van der Waals surface area contributed by atoms with Crippen molar-refractivity contribution in [1.29, 1.82) is 0 Å². The standard InChI is InChI=1S/C67H112O12/c1-4-7-10-13-16-19-22-25-27-29-30-32-33-36-38-41-44-47-50-53-59(68)75-56-58(77-60(69)54-51-48-45-42-40-37-34-31-28-26-23-20-17-14-11-8-5-2)57-76-67-65(63(72)62(71)64(79-67)66(73)74)78-61(70)55-52-49-46-43-39-35-24-21-18-15-12-9-6-3/h8,11,16-17,19-21,24-28,34,37,58,62-65,67,71-72H,4-7,9-10,12-15,18,22-23,29-33,35-36,38-57H2,1-3H3,(H,73,74)/b11-8-,19-16-,20-17-,24-21-,27-25-,28-26-,37-34-. The number of carbonyl (C=O) groups excluding carboxylic acids is 3. The maximum absolute atomic E-state index is 13.2. The first kappa shape index (κ1) is 72.9. The average molecular weight is 1110 g/mol. The van der Waals surface area contributed by atoms with Crippen molar-refractivity contribution in [2.45, 2.75) is 302 Å². The zero-order chi connectivity index (χ0) is 57.5. The Bertz CT molecular complexity index is 1700. The van der Waals surface area contributed by atoms with Gasteiger partial charge in [0.05, 0.1) is 6.61 Å². The minimum absolute atomic E-state index is 0.0446. The molecule has 1 heterocycles. The molecule has 0 aromatic heterocycles. The number of unbranched alkanes of at least 4 members (excludes halogenated alkanes) is 25. The van der Waals surface area contributed by atoms with Crippen LogP contribution < -0.4 is 0 Å². The molecule has 12 nitrogen and oxygen atoms in total. The lowest BCUT2D eigenvalue weighted by Crippen LogP contribution is -2.61. The van der Waals surface area contributed by atoms with Gasteiger partial charge >= 0.3 is 23.9 Å². The number of aliphatic carboxylic acids is 1. The Labute approximate surface area is 480 Å². The van der Waals surface area contributed by atoms with Gasteiger partial charge in [0.1, 0.15) is 18.8 Å². The third-order valence-corrected chi connectivity index (χ3v) is 13.9. The molecule has 0 saturated carbocycles. The molecule has 1 saturated heterocycles. The first-order chi connectivity index (χ1) is 38.6. The fourth-order valence-electron chi connectivity index (χ4n) is 9.09. The molecule has 12 heteroatoms. The summed E-state index contributed by atoms with van der Waals surface area (Å²) in [6.45, 7) is 5.82. The lowest BCUT2D eigenvalue weighted by atomic mass is 9.98.